The summed E-state index contributed by atoms with van der Waals surface area (Å²) in [6.45, 7) is 4.85. The standard InChI is InChI=1S/C31H32F2N6O3/c1-18-13-23-26(37(3)31(18)41)16-27(38-9-11-42-12-10-38)36-29(23)39-8-4-5-19-14-21(22(28(32)33)15-25(19)39)20-6-7-24(35-17-20)30(40)34-2/h6-7,13-17,28H,4-5,8-12H2,1-3H3,(H,34,40). The van der Waals surface area contributed by atoms with Crippen LogP contribution in [0.3, 0.4) is 0 Å². The molecule has 0 radical (unpaired) electrons. The predicted octanol–water partition coefficient (Wildman–Crippen LogP) is 4.52. The number of hydrogen-bond donors (Lipinski definition) is 1. The van der Waals surface area contributed by atoms with Gasteiger partial charge >= 0.3 is 0 Å². The van der Waals surface area contributed by atoms with E-state index in [4.69, 9.17) is 9.72 Å². The molecule has 2 aliphatic rings. The third kappa shape index (κ3) is 4.87. The molecule has 9 nitrogen and oxygen atoms in total. The number of carbonyl (C=O) groups excluding carboxylic acids is 1. The lowest BCUT2D eigenvalue weighted by atomic mass is 9.92. The minimum atomic E-state index is -2.74. The molecule has 0 unspecified atom stereocenters. The molecule has 0 atom stereocenters. The van der Waals surface area contributed by atoms with Crippen LogP contribution in [-0.2, 0) is 18.2 Å². The van der Waals surface area contributed by atoms with Crippen LogP contribution in [0.1, 0.15) is 40.0 Å². The molecule has 2 aliphatic heterocycles. The molecule has 11 heteroatoms. The molecule has 4 aromatic rings. The lowest BCUT2D eigenvalue weighted by Crippen LogP contribution is -2.37. The normalized spacial score (nSPS) is 15.3. The van der Waals surface area contributed by atoms with E-state index in [0.29, 0.717) is 67.5 Å². The maximum absolute atomic E-state index is 14.6. The van der Waals surface area contributed by atoms with Gasteiger partial charge < -0.3 is 24.4 Å². The summed E-state index contributed by atoms with van der Waals surface area (Å²) < 4.78 is 36.4. The highest BCUT2D eigenvalue weighted by molar-refractivity contribution is 5.95. The highest BCUT2D eigenvalue weighted by Crippen LogP contribution is 2.43. The van der Waals surface area contributed by atoms with Gasteiger partial charge in [0.05, 0.1) is 18.7 Å². The maximum atomic E-state index is 14.6. The van der Waals surface area contributed by atoms with Gasteiger partial charge in [-0.3, -0.25) is 14.6 Å². The lowest BCUT2D eigenvalue weighted by Gasteiger charge is -2.34. The zero-order chi connectivity index (χ0) is 29.5. The molecular weight excluding hydrogens is 542 g/mol. The summed E-state index contributed by atoms with van der Waals surface area (Å²) in [5.41, 5.74) is 3.82. The SMILES string of the molecule is CNC(=O)c1ccc(-c2cc3c(cc2C(F)F)N(c2nc(N4CCOCC4)cc4c2cc(C)c(=O)n4C)CCC3)cn1. The lowest BCUT2D eigenvalue weighted by molar-refractivity contribution is 0.0958. The number of aromatic nitrogens is 3. The molecule has 5 heterocycles. The first kappa shape index (κ1) is 27.8. The van der Waals surface area contributed by atoms with E-state index in [-0.39, 0.29) is 22.7 Å². The van der Waals surface area contributed by atoms with E-state index in [0.717, 1.165) is 28.7 Å². The first-order valence-electron chi connectivity index (χ1n) is 14.0. The van der Waals surface area contributed by atoms with Crippen molar-refractivity contribution >= 4 is 34.1 Å². The Hall–Kier alpha value is -4.38. The Kier molecular flexibility index (Phi) is 7.36. The fourth-order valence-electron chi connectivity index (χ4n) is 5.86. The Labute approximate surface area is 241 Å². The highest BCUT2D eigenvalue weighted by atomic mass is 19.3. The average Bonchev–Trinajstić information content (AvgIpc) is 3.02. The number of halogens is 2. The molecule has 0 aliphatic carbocycles. The van der Waals surface area contributed by atoms with Crippen molar-refractivity contribution in [3.05, 3.63) is 75.3 Å². The molecular formula is C31H32F2N6O3. The van der Waals surface area contributed by atoms with Gasteiger partial charge in [-0.05, 0) is 55.2 Å². The van der Waals surface area contributed by atoms with Crippen LogP contribution < -0.4 is 20.7 Å². The first-order valence-corrected chi connectivity index (χ1v) is 14.0. The molecule has 1 amide bonds. The van der Waals surface area contributed by atoms with E-state index < -0.39 is 6.43 Å². The summed E-state index contributed by atoms with van der Waals surface area (Å²) in [5, 5.41) is 3.31. The molecule has 1 fully saturated rings. The van der Waals surface area contributed by atoms with E-state index in [9.17, 15) is 18.4 Å². The van der Waals surface area contributed by atoms with Gasteiger partial charge in [-0.15, -0.1) is 0 Å². The van der Waals surface area contributed by atoms with Gasteiger partial charge in [0.25, 0.3) is 17.9 Å². The van der Waals surface area contributed by atoms with Crippen LogP contribution in [0.25, 0.3) is 22.0 Å². The van der Waals surface area contributed by atoms with Crippen molar-refractivity contribution in [1.29, 1.82) is 0 Å². The number of nitrogens with zero attached hydrogens (tertiary/aromatic N) is 5. The Morgan fingerprint density at radius 1 is 1.10 bits per heavy atom. The van der Waals surface area contributed by atoms with Crippen LogP contribution in [0.4, 0.5) is 26.1 Å². The number of aryl methyl sites for hydroxylation is 3. The molecule has 42 heavy (non-hydrogen) atoms. The molecule has 0 saturated carbocycles. The number of hydrogen-bond acceptors (Lipinski definition) is 7. The molecule has 6 rings (SSSR count). The van der Waals surface area contributed by atoms with Gasteiger partial charge in [-0.1, -0.05) is 6.07 Å². The molecule has 0 spiro atoms. The van der Waals surface area contributed by atoms with Crippen molar-refractivity contribution in [3.63, 3.8) is 0 Å². The number of anilines is 3. The first-order chi connectivity index (χ1) is 20.3. The number of morpholine rings is 1. The third-order valence-electron chi connectivity index (χ3n) is 8.10. The number of amides is 1. The quantitative estimate of drug-likeness (QED) is 0.375. The topological polar surface area (TPSA) is 92.6 Å². The number of rotatable bonds is 5. The number of benzene rings is 1. The summed E-state index contributed by atoms with van der Waals surface area (Å²) >= 11 is 0. The van der Waals surface area contributed by atoms with Crippen molar-refractivity contribution in [2.24, 2.45) is 7.05 Å². The number of pyridine rings is 3. The van der Waals surface area contributed by atoms with Gasteiger partial charge in [0.15, 0.2) is 0 Å². The molecule has 1 N–H and O–H groups in total. The van der Waals surface area contributed by atoms with Gasteiger partial charge in [-0.2, -0.15) is 0 Å². The van der Waals surface area contributed by atoms with Crippen molar-refractivity contribution in [1.82, 2.24) is 19.9 Å². The molecule has 1 aromatic carbocycles. The van der Waals surface area contributed by atoms with Gasteiger partial charge in [0.2, 0.25) is 0 Å². The fourth-order valence-corrected chi connectivity index (χ4v) is 5.86. The Morgan fingerprint density at radius 3 is 2.57 bits per heavy atom. The second-order valence-electron chi connectivity index (χ2n) is 10.7. The molecule has 0 bridgehead atoms. The van der Waals surface area contributed by atoms with Crippen LogP contribution in [0.2, 0.25) is 0 Å². The van der Waals surface area contributed by atoms with E-state index in [1.165, 1.54) is 19.3 Å². The van der Waals surface area contributed by atoms with Crippen molar-refractivity contribution in [2.75, 3.05) is 49.7 Å². The molecule has 218 valence electrons. The number of alkyl halides is 2. The number of carbonyl (C=O) groups is 1. The van der Waals surface area contributed by atoms with Gasteiger partial charge in [0, 0.05) is 73.8 Å². The number of nitrogens with one attached hydrogen (secondary N) is 1. The summed E-state index contributed by atoms with van der Waals surface area (Å²) in [6.07, 6.45) is 0.234. The van der Waals surface area contributed by atoms with Crippen LogP contribution in [0.15, 0.2) is 47.4 Å². The summed E-state index contributed by atoms with van der Waals surface area (Å²) in [6, 6.07) is 10.3. The molecule has 1 saturated heterocycles. The van der Waals surface area contributed by atoms with Crippen LogP contribution >= 0.6 is 0 Å². The van der Waals surface area contributed by atoms with E-state index in [2.05, 4.69) is 15.2 Å². The van der Waals surface area contributed by atoms with Crippen LogP contribution in [0.5, 0.6) is 0 Å². The highest BCUT2D eigenvalue weighted by Gasteiger charge is 2.28. The monoisotopic (exact) mass is 574 g/mol. The zero-order valence-electron chi connectivity index (χ0n) is 23.8. The van der Waals surface area contributed by atoms with Gasteiger partial charge in [0.1, 0.15) is 17.3 Å². The second kappa shape index (κ2) is 11.1. The smallest absolute Gasteiger partial charge is 0.269 e. The van der Waals surface area contributed by atoms with E-state index in [1.54, 1.807) is 30.7 Å². The minimum Gasteiger partial charge on any atom is -0.378 e. The van der Waals surface area contributed by atoms with E-state index in [1.807, 2.05) is 23.1 Å². The fraction of sp³-hybridized carbons (Fsp3) is 0.355. The number of fused-ring (bicyclic) bond motifs is 2. The maximum Gasteiger partial charge on any atom is 0.269 e. The minimum absolute atomic E-state index is 0.0905. The number of ether oxygens (including phenoxy) is 1. The largest absolute Gasteiger partial charge is 0.378 e. The van der Waals surface area contributed by atoms with Crippen LogP contribution in [-0.4, -0.2) is 60.3 Å². The Balaban J connectivity index is 1.52. The van der Waals surface area contributed by atoms with Gasteiger partial charge in [-0.25, -0.2) is 13.8 Å². The average molecular weight is 575 g/mol. The zero-order valence-corrected chi connectivity index (χ0v) is 23.8. The predicted molar refractivity (Wildman–Crippen MR) is 158 cm³/mol. The summed E-state index contributed by atoms with van der Waals surface area (Å²) in [7, 11) is 3.26. The van der Waals surface area contributed by atoms with Crippen molar-refractivity contribution in [2.45, 2.75) is 26.2 Å². The Bertz CT molecular complexity index is 1730. The van der Waals surface area contributed by atoms with Crippen molar-refractivity contribution in [3.8, 4) is 11.1 Å². The molecule has 3 aromatic heterocycles. The van der Waals surface area contributed by atoms with Crippen molar-refractivity contribution < 1.29 is 18.3 Å². The summed E-state index contributed by atoms with van der Waals surface area (Å²) in [5.74, 6) is 1.02. The third-order valence-corrected chi connectivity index (χ3v) is 8.10. The Morgan fingerprint density at radius 2 is 1.88 bits per heavy atom. The second-order valence-corrected chi connectivity index (χ2v) is 10.7. The van der Waals surface area contributed by atoms with E-state index >= 15 is 0 Å². The summed E-state index contributed by atoms with van der Waals surface area (Å²) in [4.78, 5) is 38.3. The van der Waals surface area contributed by atoms with Crippen LogP contribution in [0, 0.1) is 6.92 Å².